The number of hydrogen-bond acceptors (Lipinski definition) is 2. The Morgan fingerprint density at radius 2 is 2.14 bits per heavy atom. The fourth-order valence-electron chi connectivity index (χ4n) is 2.29. The van der Waals surface area contributed by atoms with Crippen LogP contribution in [0, 0.1) is 6.92 Å². The number of fused-ring (bicyclic) bond motifs is 1. The van der Waals surface area contributed by atoms with Gasteiger partial charge in [0.05, 0.1) is 0 Å². The van der Waals surface area contributed by atoms with Gasteiger partial charge in [-0.25, -0.2) is 0 Å². The smallest absolute Gasteiger partial charge is 0.163 e. The molecule has 0 aromatic heterocycles. The van der Waals surface area contributed by atoms with Crippen molar-refractivity contribution >= 4 is 5.78 Å². The largest absolute Gasteiger partial charge is 0.508 e. The maximum Gasteiger partial charge on any atom is 0.163 e. The van der Waals surface area contributed by atoms with Gasteiger partial charge in [-0.3, -0.25) is 4.79 Å². The zero-order valence-electron chi connectivity index (χ0n) is 8.50. The summed E-state index contributed by atoms with van der Waals surface area (Å²) in [7, 11) is 0. The maximum atomic E-state index is 11.6. The average molecular weight is 190 g/mol. The van der Waals surface area contributed by atoms with E-state index in [2.05, 4.69) is 6.92 Å². The highest BCUT2D eigenvalue weighted by atomic mass is 16.3. The minimum atomic E-state index is 0.164. The van der Waals surface area contributed by atoms with Crippen LogP contribution in [0.3, 0.4) is 0 Å². The molecule has 14 heavy (non-hydrogen) atoms. The Morgan fingerprint density at radius 1 is 1.43 bits per heavy atom. The fourth-order valence-corrected chi connectivity index (χ4v) is 2.29. The summed E-state index contributed by atoms with van der Waals surface area (Å²) in [5, 5.41) is 9.42. The average Bonchev–Trinajstić information content (AvgIpc) is 2.10. The van der Waals surface area contributed by atoms with Crippen LogP contribution in [0.4, 0.5) is 0 Å². The second-order valence-corrected chi connectivity index (χ2v) is 4.09. The van der Waals surface area contributed by atoms with Crippen molar-refractivity contribution in [1.29, 1.82) is 0 Å². The van der Waals surface area contributed by atoms with Gasteiger partial charge in [-0.2, -0.15) is 0 Å². The molecule has 1 aliphatic carbocycles. The maximum absolute atomic E-state index is 11.6. The molecule has 2 nitrogen and oxygen atoms in total. The van der Waals surface area contributed by atoms with E-state index in [0.717, 1.165) is 23.1 Å². The van der Waals surface area contributed by atoms with E-state index in [0.29, 0.717) is 12.3 Å². The first-order valence-electron chi connectivity index (χ1n) is 4.96. The van der Waals surface area contributed by atoms with Crippen molar-refractivity contribution in [3.8, 4) is 5.75 Å². The Morgan fingerprint density at radius 3 is 2.86 bits per heavy atom. The molecule has 0 aliphatic heterocycles. The lowest BCUT2D eigenvalue weighted by molar-refractivity contribution is 0.0967. The zero-order valence-corrected chi connectivity index (χ0v) is 8.50. The number of carbonyl (C=O) groups is 1. The molecule has 0 saturated heterocycles. The molecular weight excluding hydrogens is 176 g/mol. The summed E-state index contributed by atoms with van der Waals surface area (Å²) in [6.07, 6.45) is 1.54. The molecule has 0 bridgehead atoms. The summed E-state index contributed by atoms with van der Waals surface area (Å²) in [6.45, 7) is 4.09. The van der Waals surface area contributed by atoms with Crippen LogP contribution in [0.25, 0.3) is 0 Å². The molecule has 0 saturated carbocycles. The Kier molecular flexibility index (Phi) is 2.06. The number of ketones is 1. The second-order valence-electron chi connectivity index (χ2n) is 4.09. The van der Waals surface area contributed by atoms with Gasteiger partial charge < -0.3 is 5.11 Å². The molecule has 1 aliphatic rings. The summed E-state index contributed by atoms with van der Waals surface area (Å²) in [4.78, 5) is 11.6. The highest BCUT2D eigenvalue weighted by Gasteiger charge is 2.24. The van der Waals surface area contributed by atoms with Crippen LogP contribution in [0.1, 0.15) is 47.2 Å². The Labute approximate surface area is 83.6 Å². The monoisotopic (exact) mass is 190 g/mol. The first-order chi connectivity index (χ1) is 6.59. The number of Topliss-reactive ketones (excluding diaryl/α,β-unsaturated/α-hetero) is 1. The highest BCUT2D eigenvalue weighted by Crippen LogP contribution is 2.35. The Balaban J connectivity index is 2.66. The summed E-state index contributed by atoms with van der Waals surface area (Å²) < 4.78 is 0. The number of carbonyl (C=O) groups excluding carboxylic acids is 1. The first kappa shape index (κ1) is 9.25. The number of phenols is 1. The van der Waals surface area contributed by atoms with Crippen LogP contribution >= 0.6 is 0 Å². The Hall–Kier alpha value is -1.31. The van der Waals surface area contributed by atoms with Crippen molar-refractivity contribution < 1.29 is 9.90 Å². The molecule has 0 amide bonds. The molecule has 1 atom stereocenters. The normalized spacial score (nSPS) is 20.7. The molecule has 1 aromatic rings. The molecule has 2 rings (SSSR count). The van der Waals surface area contributed by atoms with Crippen LogP contribution in [-0.2, 0) is 0 Å². The predicted octanol–water partition coefficient (Wildman–Crippen LogP) is 2.78. The number of rotatable bonds is 0. The van der Waals surface area contributed by atoms with Crippen molar-refractivity contribution in [3.05, 3.63) is 28.8 Å². The van der Waals surface area contributed by atoms with E-state index in [1.54, 1.807) is 12.1 Å². The van der Waals surface area contributed by atoms with Crippen LogP contribution in [0.5, 0.6) is 5.75 Å². The van der Waals surface area contributed by atoms with Crippen LogP contribution < -0.4 is 0 Å². The number of hydrogen-bond donors (Lipinski definition) is 1. The number of aromatic hydroxyl groups is 1. The lowest BCUT2D eigenvalue weighted by Crippen LogP contribution is -2.15. The second kappa shape index (κ2) is 3.12. The van der Waals surface area contributed by atoms with E-state index >= 15 is 0 Å². The molecule has 74 valence electrons. The van der Waals surface area contributed by atoms with E-state index in [9.17, 15) is 9.90 Å². The lowest BCUT2D eigenvalue weighted by atomic mass is 9.81. The lowest BCUT2D eigenvalue weighted by Gasteiger charge is -2.23. The predicted molar refractivity (Wildman–Crippen MR) is 54.8 cm³/mol. The van der Waals surface area contributed by atoms with E-state index < -0.39 is 0 Å². The minimum Gasteiger partial charge on any atom is -0.508 e. The van der Waals surface area contributed by atoms with Crippen molar-refractivity contribution in [1.82, 2.24) is 0 Å². The van der Waals surface area contributed by atoms with E-state index in [1.165, 1.54) is 0 Å². The van der Waals surface area contributed by atoms with Gasteiger partial charge in [-0.15, -0.1) is 0 Å². The standard InChI is InChI=1S/C12H14O2/c1-7-3-4-11(14)10-6-9(13)5-8(2)12(7)10/h5-7,13H,3-4H2,1-2H3. The molecule has 0 heterocycles. The molecular formula is C12H14O2. The van der Waals surface area contributed by atoms with E-state index in [1.807, 2.05) is 6.92 Å². The van der Waals surface area contributed by atoms with Crippen LogP contribution in [0.2, 0.25) is 0 Å². The van der Waals surface area contributed by atoms with Gasteiger partial charge >= 0.3 is 0 Å². The first-order valence-corrected chi connectivity index (χ1v) is 4.96. The van der Waals surface area contributed by atoms with Crippen molar-refractivity contribution in [2.45, 2.75) is 32.6 Å². The van der Waals surface area contributed by atoms with Crippen molar-refractivity contribution in [2.24, 2.45) is 0 Å². The molecule has 1 N–H and O–H groups in total. The Bertz CT molecular complexity index is 394. The summed E-state index contributed by atoms with van der Waals surface area (Å²) in [5.74, 6) is 0.795. The molecule has 2 heteroatoms. The van der Waals surface area contributed by atoms with E-state index in [4.69, 9.17) is 0 Å². The summed E-state index contributed by atoms with van der Waals surface area (Å²) in [6, 6.07) is 3.33. The van der Waals surface area contributed by atoms with Gasteiger partial charge in [0.15, 0.2) is 5.78 Å². The number of benzene rings is 1. The number of phenolic OH excluding ortho intramolecular Hbond substituents is 1. The third-order valence-corrected chi connectivity index (χ3v) is 2.97. The minimum absolute atomic E-state index is 0.164. The molecule has 1 unspecified atom stereocenters. The topological polar surface area (TPSA) is 37.3 Å². The van der Waals surface area contributed by atoms with Crippen LogP contribution in [-0.4, -0.2) is 10.9 Å². The quantitative estimate of drug-likeness (QED) is 0.683. The van der Waals surface area contributed by atoms with E-state index in [-0.39, 0.29) is 11.5 Å². The molecule has 1 aromatic carbocycles. The van der Waals surface area contributed by atoms with Gasteiger partial charge in [-0.05, 0) is 42.5 Å². The molecule has 0 fully saturated rings. The molecule has 0 radical (unpaired) electrons. The van der Waals surface area contributed by atoms with Gasteiger partial charge in [-0.1, -0.05) is 6.92 Å². The zero-order chi connectivity index (χ0) is 10.3. The van der Waals surface area contributed by atoms with Crippen LogP contribution in [0.15, 0.2) is 12.1 Å². The van der Waals surface area contributed by atoms with Gasteiger partial charge in [0, 0.05) is 12.0 Å². The van der Waals surface area contributed by atoms with Crippen molar-refractivity contribution in [3.63, 3.8) is 0 Å². The van der Waals surface area contributed by atoms with Gasteiger partial charge in [0.2, 0.25) is 0 Å². The summed E-state index contributed by atoms with van der Waals surface area (Å²) in [5.41, 5.74) is 2.88. The third kappa shape index (κ3) is 1.31. The number of aryl methyl sites for hydroxylation is 1. The molecule has 0 spiro atoms. The fraction of sp³-hybridized carbons (Fsp3) is 0.417. The van der Waals surface area contributed by atoms with Gasteiger partial charge in [0.25, 0.3) is 0 Å². The summed E-state index contributed by atoms with van der Waals surface area (Å²) >= 11 is 0. The van der Waals surface area contributed by atoms with Gasteiger partial charge in [0.1, 0.15) is 5.75 Å². The highest BCUT2D eigenvalue weighted by molar-refractivity contribution is 5.99. The third-order valence-electron chi connectivity index (χ3n) is 2.97. The van der Waals surface area contributed by atoms with Crippen molar-refractivity contribution in [2.75, 3.05) is 0 Å². The SMILES string of the molecule is Cc1cc(O)cc2c1C(C)CCC2=O.